The molecule has 1 aromatic rings. The summed E-state index contributed by atoms with van der Waals surface area (Å²) in [6.45, 7) is 1.77. The molecule has 0 radical (unpaired) electrons. The fraction of sp³-hybridized carbons (Fsp3) is 0.222. The zero-order chi connectivity index (χ0) is 9.68. The molecule has 1 unspecified atom stereocenters. The molecule has 0 spiro atoms. The summed E-state index contributed by atoms with van der Waals surface area (Å²) in [5.41, 5.74) is 2.79. The summed E-state index contributed by atoms with van der Waals surface area (Å²) in [4.78, 5) is 14.9. The summed E-state index contributed by atoms with van der Waals surface area (Å²) >= 11 is 0. The van der Waals surface area contributed by atoms with E-state index in [4.69, 9.17) is 9.94 Å². The lowest BCUT2D eigenvalue weighted by molar-refractivity contribution is -0.00792. The molecule has 4 heteroatoms. The van der Waals surface area contributed by atoms with Gasteiger partial charge in [0.1, 0.15) is 6.10 Å². The fourth-order valence-corrected chi connectivity index (χ4v) is 0.931. The lowest BCUT2D eigenvalue weighted by Gasteiger charge is -2.11. The summed E-state index contributed by atoms with van der Waals surface area (Å²) in [5, 5.41) is 8.27. The van der Waals surface area contributed by atoms with Crippen molar-refractivity contribution < 1.29 is 14.7 Å². The molecular formula is C9H11NO3. The van der Waals surface area contributed by atoms with Crippen molar-refractivity contribution in [2.24, 2.45) is 0 Å². The van der Waals surface area contributed by atoms with Gasteiger partial charge in [-0.3, -0.25) is 4.84 Å². The second-order valence-corrected chi connectivity index (χ2v) is 2.58. The molecule has 0 saturated carbocycles. The number of carbonyl (C=O) groups is 1. The Bertz CT molecular complexity index is 273. The average molecular weight is 181 g/mol. The van der Waals surface area contributed by atoms with Crippen molar-refractivity contribution in [1.82, 2.24) is 5.48 Å². The van der Waals surface area contributed by atoms with E-state index >= 15 is 0 Å². The second-order valence-electron chi connectivity index (χ2n) is 2.58. The van der Waals surface area contributed by atoms with Gasteiger partial charge in [-0.25, -0.2) is 4.79 Å². The van der Waals surface area contributed by atoms with Crippen LogP contribution in [0.2, 0.25) is 0 Å². The Hall–Kier alpha value is -1.55. The molecule has 0 fully saturated rings. The van der Waals surface area contributed by atoms with E-state index in [1.165, 1.54) is 0 Å². The number of amides is 1. The first-order valence-corrected chi connectivity index (χ1v) is 3.89. The number of hydrogen-bond acceptors (Lipinski definition) is 2. The molecule has 4 nitrogen and oxygen atoms in total. The number of rotatable bonds is 3. The third kappa shape index (κ3) is 3.13. The molecule has 0 aliphatic heterocycles. The molecule has 1 aromatic carbocycles. The molecule has 13 heavy (non-hydrogen) atoms. The van der Waals surface area contributed by atoms with Crippen LogP contribution in [0.3, 0.4) is 0 Å². The van der Waals surface area contributed by atoms with E-state index in [0.29, 0.717) is 0 Å². The monoisotopic (exact) mass is 181 g/mol. The first kappa shape index (κ1) is 9.54. The molecule has 0 bridgehead atoms. The smallest absolute Gasteiger partial charge is 0.428 e. The van der Waals surface area contributed by atoms with Gasteiger partial charge in [0.25, 0.3) is 0 Å². The number of nitrogens with one attached hydrogen (secondary N) is 1. The molecule has 0 heterocycles. The van der Waals surface area contributed by atoms with Crippen LogP contribution in [0, 0.1) is 0 Å². The van der Waals surface area contributed by atoms with Crippen LogP contribution in [0.4, 0.5) is 4.79 Å². The van der Waals surface area contributed by atoms with E-state index in [1.54, 1.807) is 6.92 Å². The second kappa shape index (κ2) is 4.47. The van der Waals surface area contributed by atoms with Crippen molar-refractivity contribution >= 4 is 6.09 Å². The molecule has 2 N–H and O–H groups in total. The maximum Gasteiger partial charge on any atom is 0.428 e. The van der Waals surface area contributed by atoms with Crippen LogP contribution in [-0.2, 0) is 4.84 Å². The van der Waals surface area contributed by atoms with Crippen LogP contribution in [0.15, 0.2) is 30.3 Å². The SMILES string of the molecule is CC(ONC(=O)O)c1ccccc1. The molecule has 1 amide bonds. The molecule has 1 atom stereocenters. The van der Waals surface area contributed by atoms with E-state index in [0.717, 1.165) is 5.56 Å². The van der Waals surface area contributed by atoms with Crippen molar-refractivity contribution in [3.63, 3.8) is 0 Å². The quantitative estimate of drug-likeness (QED) is 0.700. The van der Waals surface area contributed by atoms with E-state index < -0.39 is 6.09 Å². The normalized spacial score (nSPS) is 12.1. The highest BCUT2D eigenvalue weighted by Gasteiger charge is 2.05. The van der Waals surface area contributed by atoms with Gasteiger partial charge in [0, 0.05) is 0 Å². The van der Waals surface area contributed by atoms with Crippen molar-refractivity contribution in [3.8, 4) is 0 Å². The zero-order valence-corrected chi connectivity index (χ0v) is 7.23. The predicted octanol–water partition coefficient (Wildman–Crippen LogP) is 1.95. The highest BCUT2D eigenvalue weighted by Crippen LogP contribution is 2.13. The van der Waals surface area contributed by atoms with Crippen molar-refractivity contribution in [2.45, 2.75) is 13.0 Å². The van der Waals surface area contributed by atoms with Gasteiger partial charge in [-0.1, -0.05) is 30.3 Å². The Morgan fingerprint density at radius 1 is 1.46 bits per heavy atom. The Balaban J connectivity index is 2.49. The van der Waals surface area contributed by atoms with Crippen LogP contribution < -0.4 is 5.48 Å². The Morgan fingerprint density at radius 3 is 2.62 bits per heavy atom. The largest absolute Gasteiger partial charge is 0.464 e. The maximum atomic E-state index is 10.1. The summed E-state index contributed by atoms with van der Waals surface area (Å²) in [6, 6.07) is 9.37. The minimum Gasteiger partial charge on any atom is -0.464 e. The maximum absolute atomic E-state index is 10.1. The van der Waals surface area contributed by atoms with Gasteiger partial charge < -0.3 is 5.11 Å². The first-order valence-electron chi connectivity index (χ1n) is 3.89. The Morgan fingerprint density at radius 2 is 2.08 bits per heavy atom. The average Bonchev–Trinajstić information content (AvgIpc) is 2.15. The van der Waals surface area contributed by atoms with Gasteiger partial charge in [-0.05, 0) is 12.5 Å². The predicted molar refractivity (Wildman–Crippen MR) is 47.1 cm³/mol. The highest BCUT2D eigenvalue weighted by atomic mass is 16.7. The number of hydroxylamine groups is 1. The molecule has 1 rings (SSSR count). The third-order valence-electron chi connectivity index (χ3n) is 1.59. The van der Waals surface area contributed by atoms with Crippen LogP contribution in [0.1, 0.15) is 18.6 Å². The fourth-order valence-electron chi connectivity index (χ4n) is 0.931. The summed E-state index contributed by atoms with van der Waals surface area (Å²) < 4.78 is 0. The zero-order valence-electron chi connectivity index (χ0n) is 7.23. The van der Waals surface area contributed by atoms with Crippen LogP contribution in [-0.4, -0.2) is 11.2 Å². The summed E-state index contributed by atoms with van der Waals surface area (Å²) in [6.07, 6.45) is -1.47. The van der Waals surface area contributed by atoms with Crippen molar-refractivity contribution in [1.29, 1.82) is 0 Å². The number of benzene rings is 1. The standard InChI is InChI=1S/C9H11NO3/c1-7(13-10-9(11)12)8-5-3-2-4-6-8/h2-7,10H,1H3,(H,11,12). The van der Waals surface area contributed by atoms with Gasteiger partial charge in [-0.2, -0.15) is 5.48 Å². The van der Waals surface area contributed by atoms with Gasteiger partial charge in [0.05, 0.1) is 0 Å². The Kier molecular flexibility index (Phi) is 3.28. The summed E-state index contributed by atoms with van der Waals surface area (Å²) in [5.74, 6) is 0. The lowest BCUT2D eigenvalue weighted by atomic mass is 10.1. The van der Waals surface area contributed by atoms with Crippen LogP contribution in [0.5, 0.6) is 0 Å². The van der Waals surface area contributed by atoms with E-state index in [9.17, 15) is 4.79 Å². The van der Waals surface area contributed by atoms with Gasteiger partial charge in [0.15, 0.2) is 0 Å². The van der Waals surface area contributed by atoms with Crippen LogP contribution >= 0.6 is 0 Å². The minimum atomic E-state index is -1.19. The van der Waals surface area contributed by atoms with E-state index in [1.807, 2.05) is 35.8 Å². The van der Waals surface area contributed by atoms with Gasteiger partial charge >= 0.3 is 6.09 Å². The molecule has 0 saturated heterocycles. The highest BCUT2D eigenvalue weighted by molar-refractivity contribution is 5.62. The molecule has 0 aromatic heterocycles. The van der Waals surface area contributed by atoms with Crippen molar-refractivity contribution in [3.05, 3.63) is 35.9 Å². The molecule has 0 aliphatic carbocycles. The number of hydrogen-bond donors (Lipinski definition) is 2. The van der Waals surface area contributed by atoms with Gasteiger partial charge in [-0.15, -0.1) is 0 Å². The van der Waals surface area contributed by atoms with Gasteiger partial charge in [0.2, 0.25) is 0 Å². The molecular weight excluding hydrogens is 170 g/mol. The van der Waals surface area contributed by atoms with Crippen molar-refractivity contribution in [2.75, 3.05) is 0 Å². The van der Waals surface area contributed by atoms with E-state index in [2.05, 4.69) is 0 Å². The van der Waals surface area contributed by atoms with Crippen LogP contribution in [0.25, 0.3) is 0 Å². The Labute approximate surface area is 76.1 Å². The third-order valence-corrected chi connectivity index (χ3v) is 1.59. The first-order chi connectivity index (χ1) is 6.20. The topological polar surface area (TPSA) is 58.6 Å². The number of carboxylic acid groups (broad SMARTS) is 1. The summed E-state index contributed by atoms with van der Waals surface area (Å²) in [7, 11) is 0. The van der Waals surface area contributed by atoms with E-state index in [-0.39, 0.29) is 6.10 Å². The molecule has 0 aliphatic rings. The minimum absolute atomic E-state index is 0.280. The molecule has 70 valence electrons. The lowest BCUT2D eigenvalue weighted by Crippen LogP contribution is -2.22.